The average molecular weight is 785 g/mol. The Labute approximate surface area is 334 Å². The first-order valence-electron chi connectivity index (χ1n) is 22.7. The van der Waals surface area contributed by atoms with Crippen molar-refractivity contribution in [3.63, 3.8) is 0 Å². The van der Waals surface area contributed by atoms with Gasteiger partial charge < -0.3 is 28.8 Å². The third-order valence-corrected chi connectivity index (χ3v) is 11.1. The highest BCUT2D eigenvalue weighted by atomic mass is 31.2. The van der Waals surface area contributed by atoms with Gasteiger partial charge in [0, 0.05) is 6.42 Å². The van der Waals surface area contributed by atoms with Crippen LogP contribution in [0.4, 0.5) is 0 Å². The second kappa shape index (κ2) is 37.6. The van der Waals surface area contributed by atoms with E-state index in [1.165, 1.54) is 135 Å². The number of amides is 1. The van der Waals surface area contributed by atoms with Gasteiger partial charge in [0.2, 0.25) is 5.91 Å². The van der Waals surface area contributed by atoms with E-state index in [1.54, 1.807) is 6.08 Å². The van der Waals surface area contributed by atoms with Crippen molar-refractivity contribution < 1.29 is 32.9 Å². The molecule has 0 aromatic carbocycles. The summed E-state index contributed by atoms with van der Waals surface area (Å²) in [4.78, 5) is 25.3. The molecule has 2 N–H and O–H groups in total. The van der Waals surface area contributed by atoms with E-state index in [9.17, 15) is 19.4 Å². The predicted molar refractivity (Wildman–Crippen MR) is 228 cm³/mol. The van der Waals surface area contributed by atoms with Crippen LogP contribution in [0.5, 0.6) is 0 Å². The maximum Gasteiger partial charge on any atom is 0.268 e. The Morgan fingerprint density at radius 3 is 1.44 bits per heavy atom. The summed E-state index contributed by atoms with van der Waals surface area (Å²) in [6, 6.07) is -0.887. The number of allylic oxidation sites excluding steroid dienone is 3. The summed E-state index contributed by atoms with van der Waals surface area (Å²) in [5.41, 5.74) is 0. The largest absolute Gasteiger partial charge is 0.756 e. The van der Waals surface area contributed by atoms with Gasteiger partial charge in [0.1, 0.15) is 13.2 Å². The van der Waals surface area contributed by atoms with Crippen LogP contribution < -0.4 is 10.2 Å². The molecule has 3 unspecified atom stereocenters. The number of rotatable bonds is 41. The van der Waals surface area contributed by atoms with Gasteiger partial charge in [-0.05, 0) is 44.9 Å². The maximum atomic E-state index is 12.8. The van der Waals surface area contributed by atoms with Gasteiger partial charge in [-0.2, -0.15) is 0 Å². The molecule has 0 bridgehead atoms. The molecule has 0 aliphatic rings. The van der Waals surface area contributed by atoms with Gasteiger partial charge >= 0.3 is 0 Å². The number of likely N-dealkylation sites (N-methyl/N-ethyl adjacent to an activating group) is 1. The number of unbranched alkanes of at least 4 members (excludes halogenated alkanes) is 26. The van der Waals surface area contributed by atoms with E-state index in [0.717, 1.165) is 51.4 Å². The Bertz CT molecular complexity index is 938. The van der Waals surface area contributed by atoms with E-state index in [2.05, 4.69) is 31.3 Å². The summed E-state index contributed by atoms with van der Waals surface area (Å²) >= 11 is 0. The predicted octanol–water partition coefficient (Wildman–Crippen LogP) is 11.9. The number of hydrogen-bond acceptors (Lipinski definition) is 6. The molecule has 1 amide bonds. The molecule has 8 nitrogen and oxygen atoms in total. The fraction of sp³-hybridized carbons (Fsp3) is 0.889. The molecule has 0 fully saturated rings. The zero-order chi connectivity index (χ0) is 40.0. The average Bonchev–Trinajstić information content (AvgIpc) is 3.12. The van der Waals surface area contributed by atoms with Gasteiger partial charge in [-0.1, -0.05) is 179 Å². The Kier molecular flexibility index (Phi) is 36.8. The smallest absolute Gasteiger partial charge is 0.268 e. The first kappa shape index (κ1) is 53.0. The Morgan fingerprint density at radius 1 is 0.630 bits per heavy atom. The fourth-order valence-corrected chi connectivity index (χ4v) is 7.22. The maximum absolute atomic E-state index is 12.8. The number of aliphatic hydroxyl groups excluding tert-OH is 1. The molecule has 0 heterocycles. The third kappa shape index (κ3) is 39.2. The minimum absolute atomic E-state index is 0.00149. The lowest BCUT2D eigenvalue weighted by atomic mass is 10.0. The van der Waals surface area contributed by atoms with E-state index in [4.69, 9.17) is 9.05 Å². The quantitative estimate of drug-likeness (QED) is 0.0277. The number of aliphatic hydroxyl groups is 1. The minimum atomic E-state index is -4.59. The number of carbonyl (C=O) groups is 1. The number of quaternary nitrogens is 1. The summed E-state index contributed by atoms with van der Waals surface area (Å²) < 4.78 is 23.2. The topological polar surface area (TPSA) is 108 Å². The molecule has 0 saturated heterocycles. The molecule has 0 aromatic rings. The van der Waals surface area contributed by atoms with Crippen molar-refractivity contribution in [3.8, 4) is 0 Å². The van der Waals surface area contributed by atoms with Gasteiger partial charge in [0.05, 0.1) is 39.9 Å². The number of nitrogens with zero attached hydrogens (tertiary/aromatic N) is 1. The molecule has 0 radical (unpaired) electrons. The molecule has 54 heavy (non-hydrogen) atoms. The number of nitrogens with one attached hydrogen (secondary N) is 1. The SMILES string of the molecule is CCCCCCCCC/C=C\CCCCCCCC(=O)NC(COP(=O)([O-])OCC[N+](C)(C)C)C(O)/C=C/CCCCCCCCCCCCCCCC. The Morgan fingerprint density at radius 2 is 1.02 bits per heavy atom. The molecule has 0 spiro atoms. The van der Waals surface area contributed by atoms with E-state index in [1.807, 2.05) is 27.2 Å². The Hall–Kier alpha value is -1.02. The molecule has 3 atom stereocenters. The van der Waals surface area contributed by atoms with Crippen LogP contribution in [-0.2, 0) is 18.4 Å². The van der Waals surface area contributed by atoms with Crippen molar-refractivity contribution in [1.29, 1.82) is 0 Å². The molecule has 0 saturated carbocycles. The van der Waals surface area contributed by atoms with Crippen molar-refractivity contribution in [2.24, 2.45) is 0 Å². The number of phosphoric ester groups is 1. The van der Waals surface area contributed by atoms with Crippen LogP contribution in [0, 0.1) is 0 Å². The molecule has 0 aliphatic carbocycles. The zero-order valence-electron chi connectivity index (χ0n) is 36.2. The standard InChI is InChI=1S/C45H89N2O6P/c1-6-8-10-12-14-16-18-20-22-24-26-28-30-32-34-36-38-44(48)43(42-53-54(50,51)52-41-40-47(3,4)5)46-45(49)39-37-35-33-31-29-27-25-23-21-19-17-15-13-11-9-7-2/h23,25,36,38,43-44,48H,6-22,24,26-35,37,39-42H2,1-5H3,(H-,46,49,50,51)/b25-23-,38-36+. The number of phosphoric acid groups is 1. The zero-order valence-corrected chi connectivity index (χ0v) is 37.1. The van der Waals surface area contributed by atoms with E-state index < -0.39 is 20.0 Å². The van der Waals surface area contributed by atoms with E-state index >= 15 is 0 Å². The highest BCUT2D eigenvalue weighted by molar-refractivity contribution is 7.45. The molecule has 0 aliphatic heterocycles. The molecule has 9 heteroatoms. The van der Waals surface area contributed by atoms with Gasteiger partial charge in [0.25, 0.3) is 7.82 Å². The van der Waals surface area contributed by atoms with Gasteiger partial charge in [-0.3, -0.25) is 9.36 Å². The summed E-state index contributed by atoms with van der Waals surface area (Å²) in [5, 5.41) is 13.8. The van der Waals surface area contributed by atoms with Crippen LogP contribution in [0.25, 0.3) is 0 Å². The summed E-state index contributed by atoms with van der Waals surface area (Å²) in [5.74, 6) is -0.206. The second-order valence-corrected chi connectivity index (χ2v) is 18.2. The van der Waals surface area contributed by atoms with Crippen molar-refractivity contribution in [2.75, 3.05) is 40.9 Å². The minimum Gasteiger partial charge on any atom is -0.756 e. The summed E-state index contributed by atoms with van der Waals surface area (Å²) in [6.07, 6.45) is 43.6. The highest BCUT2D eigenvalue weighted by Gasteiger charge is 2.23. The monoisotopic (exact) mass is 785 g/mol. The van der Waals surface area contributed by atoms with Crippen molar-refractivity contribution in [1.82, 2.24) is 5.32 Å². The van der Waals surface area contributed by atoms with Gasteiger partial charge in [-0.25, -0.2) is 0 Å². The molecule has 320 valence electrons. The van der Waals surface area contributed by atoms with Crippen LogP contribution in [0.2, 0.25) is 0 Å². The number of hydrogen-bond donors (Lipinski definition) is 2. The van der Waals surface area contributed by atoms with Gasteiger partial charge in [0.15, 0.2) is 0 Å². The lowest BCUT2D eigenvalue weighted by molar-refractivity contribution is -0.870. The van der Waals surface area contributed by atoms with E-state index in [-0.39, 0.29) is 19.1 Å². The first-order valence-corrected chi connectivity index (χ1v) is 24.2. The lowest BCUT2D eigenvalue weighted by Crippen LogP contribution is -2.45. The normalized spacial score (nSPS) is 14.6. The van der Waals surface area contributed by atoms with Crippen molar-refractivity contribution >= 4 is 13.7 Å². The van der Waals surface area contributed by atoms with Gasteiger partial charge in [-0.15, -0.1) is 0 Å². The van der Waals surface area contributed by atoms with Crippen LogP contribution in [0.3, 0.4) is 0 Å². The van der Waals surface area contributed by atoms with Crippen LogP contribution in [0.1, 0.15) is 206 Å². The second-order valence-electron chi connectivity index (χ2n) is 16.8. The van der Waals surface area contributed by atoms with Crippen LogP contribution in [0.15, 0.2) is 24.3 Å². The Balaban J connectivity index is 4.43. The summed E-state index contributed by atoms with van der Waals surface area (Å²) in [6.45, 7) is 4.64. The highest BCUT2D eigenvalue weighted by Crippen LogP contribution is 2.38. The van der Waals surface area contributed by atoms with Crippen molar-refractivity contribution in [3.05, 3.63) is 24.3 Å². The molecule has 0 aromatic heterocycles. The first-order chi connectivity index (χ1) is 26.0. The van der Waals surface area contributed by atoms with Crippen LogP contribution >= 0.6 is 7.82 Å². The third-order valence-electron chi connectivity index (χ3n) is 10.2. The molecular formula is C45H89N2O6P. The van der Waals surface area contributed by atoms with E-state index in [0.29, 0.717) is 17.4 Å². The molecule has 0 rings (SSSR count). The van der Waals surface area contributed by atoms with Crippen molar-refractivity contribution in [2.45, 2.75) is 219 Å². The molecular weight excluding hydrogens is 695 g/mol. The van der Waals surface area contributed by atoms with Crippen LogP contribution in [-0.4, -0.2) is 68.5 Å². The number of carbonyl (C=O) groups excluding carboxylic acids is 1. The fourth-order valence-electron chi connectivity index (χ4n) is 6.50. The summed E-state index contributed by atoms with van der Waals surface area (Å²) in [7, 11) is 1.26. The lowest BCUT2D eigenvalue weighted by Gasteiger charge is -2.29.